The number of fused-ring (bicyclic) bond motifs is 1. The number of carbonyl (C=O) groups excluding carboxylic acids is 1. The van der Waals surface area contributed by atoms with Crippen molar-refractivity contribution in [2.45, 2.75) is 90.7 Å². The number of nitrogens with one attached hydrogen (secondary N) is 1. The van der Waals surface area contributed by atoms with Crippen LogP contribution in [0, 0.1) is 0 Å². The van der Waals surface area contributed by atoms with Crippen molar-refractivity contribution in [2.24, 2.45) is 0 Å². The van der Waals surface area contributed by atoms with E-state index in [0.29, 0.717) is 58.7 Å². The van der Waals surface area contributed by atoms with Crippen LogP contribution in [0.2, 0.25) is 18.1 Å². The van der Waals surface area contributed by atoms with Crippen molar-refractivity contribution in [1.82, 2.24) is 19.7 Å². The number of carbonyl (C=O) groups is 1. The third-order valence-electron chi connectivity index (χ3n) is 9.01. The first-order valence-corrected chi connectivity index (χ1v) is 18.3. The SMILES string of the molecule is COC(=O)c1c(-c2c(CO[Si](C)(C)C(C)(C)C)n(C(C)C)c3ncnc(NCc4ccc(OC)cc4OC)c23)noc1C1CC1. The largest absolute Gasteiger partial charge is 0.497 e. The molecular formula is C33H45N5O6Si. The standard InChI is InChI=1S/C33H45N5O6Si/c1-19(2)38-23(17-43-45(9,10)33(3,4)5)25(28-27(32(39)42-8)29(44-37-28)20-11-12-20)26-30(35-18-36-31(26)38)34-16-21-13-14-22(40-6)15-24(21)41-7/h13-15,18-20H,11-12,16-17H2,1-10H3,(H,34,35,36). The number of nitrogens with zero attached hydrogens (tertiary/aromatic N) is 4. The molecule has 1 aromatic carbocycles. The van der Waals surface area contributed by atoms with Crippen LogP contribution in [-0.4, -0.2) is 55.3 Å². The average molecular weight is 636 g/mol. The highest BCUT2D eigenvalue weighted by Crippen LogP contribution is 2.48. The lowest BCUT2D eigenvalue weighted by molar-refractivity contribution is 0.0599. The van der Waals surface area contributed by atoms with Crippen molar-refractivity contribution in [1.29, 1.82) is 0 Å². The first-order valence-electron chi connectivity index (χ1n) is 15.4. The van der Waals surface area contributed by atoms with Crippen molar-refractivity contribution in [2.75, 3.05) is 26.6 Å². The zero-order chi connectivity index (χ0) is 32.7. The summed E-state index contributed by atoms with van der Waals surface area (Å²) >= 11 is 0. The molecule has 0 aliphatic heterocycles. The Hall–Kier alpha value is -3.90. The Morgan fingerprint density at radius 1 is 1.13 bits per heavy atom. The molecule has 0 amide bonds. The molecule has 45 heavy (non-hydrogen) atoms. The molecule has 0 radical (unpaired) electrons. The fourth-order valence-corrected chi connectivity index (χ4v) is 6.24. The number of anilines is 1. The molecule has 1 aliphatic rings. The van der Waals surface area contributed by atoms with Crippen LogP contribution in [-0.2, 0) is 22.3 Å². The molecule has 0 unspecified atom stereocenters. The van der Waals surface area contributed by atoms with Gasteiger partial charge in [0.15, 0.2) is 14.1 Å². The molecule has 0 spiro atoms. The second-order valence-electron chi connectivity index (χ2n) is 13.3. The van der Waals surface area contributed by atoms with Crippen LogP contribution < -0.4 is 14.8 Å². The summed E-state index contributed by atoms with van der Waals surface area (Å²) in [6.07, 6.45) is 3.43. The normalized spacial score (nSPS) is 13.8. The molecule has 12 heteroatoms. The number of hydrogen-bond acceptors (Lipinski definition) is 10. The van der Waals surface area contributed by atoms with Gasteiger partial charge in [0.05, 0.1) is 39.0 Å². The minimum atomic E-state index is -2.18. The molecule has 0 saturated heterocycles. The molecule has 11 nitrogen and oxygen atoms in total. The van der Waals surface area contributed by atoms with Crippen molar-refractivity contribution in [3.63, 3.8) is 0 Å². The van der Waals surface area contributed by atoms with E-state index in [1.807, 2.05) is 18.2 Å². The van der Waals surface area contributed by atoms with Crippen LogP contribution in [0.1, 0.15) is 86.8 Å². The molecule has 242 valence electrons. The molecule has 1 saturated carbocycles. The summed E-state index contributed by atoms with van der Waals surface area (Å²) in [5.74, 6) is 2.21. The summed E-state index contributed by atoms with van der Waals surface area (Å²) < 4.78 is 31.2. The van der Waals surface area contributed by atoms with E-state index in [1.165, 1.54) is 7.11 Å². The van der Waals surface area contributed by atoms with Gasteiger partial charge in [0.2, 0.25) is 0 Å². The zero-order valence-electron chi connectivity index (χ0n) is 28.0. The van der Waals surface area contributed by atoms with E-state index < -0.39 is 14.3 Å². The third kappa shape index (κ3) is 6.17. The van der Waals surface area contributed by atoms with Crippen LogP contribution >= 0.6 is 0 Å². The smallest absolute Gasteiger partial charge is 0.343 e. The first kappa shape index (κ1) is 32.5. The van der Waals surface area contributed by atoms with Crippen LogP contribution in [0.5, 0.6) is 11.5 Å². The maximum absolute atomic E-state index is 13.4. The zero-order valence-corrected chi connectivity index (χ0v) is 29.0. The number of esters is 1. The van der Waals surface area contributed by atoms with Gasteiger partial charge in [-0.05, 0) is 57.0 Å². The van der Waals surface area contributed by atoms with Crippen LogP contribution in [0.4, 0.5) is 5.82 Å². The van der Waals surface area contributed by atoms with Gasteiger partial charge in [-0.25, -0.2) is 14.8 Å². The van der Waals surface area contributed by atoms with Crippen molar-refractivity contribution in [3.8, 4) is 22.8 Å². The number of benzene rings is 1. The van der Waals surface area contributed by atoms with E-state index in [4.69, 9.17) is 33.1 Å². The Balaban J connectivity index is 1.73. The Labute approximate surface area is 265 Å². The Kier molecular flexibility index (Phi) is 9.01. The maximum atomic E-state index is 13.4. The van der Waals surface area contributed by atoms with Crippen molar-refractivity contribution in [3.05, 3.63) is 47.1 Å². The van der Waals surface area contributed by atoms with Crippen LogP contribution in [0.25, 0.3) is 22.3 Å². The molecule has 1 fully saturated rings. The van der Waals surface area contributed by atoms with Gasteiger partial charge in [0.25, 0.3) is 0 Å². The Morgan fingerprint density at radius 2 is 1.87 bits per heavy atom. The quantitative estimate of drug-likeness (QED) is 0.124. The van der Waals surface area contributed by atoms with Gasteiger partial charge in [-0.3, -0.25) is 0 Å². The Bertz CT molecular complexity index is 1700. The number of rotatable bonds is 12. The lowest BCUT2D eigenvalue weighted by Crippen LogP contribution is -2.40. The summed E-state index contributed by atoms with van der Waals surface area (Å²) in [6.45, 7) is 16.0. The average Bonchev–Trinajstić information content (AvgIpc) is 3.66. The molecule has 1 N–H and O–H groups in total. The number of aromatic nitrogens is 4. The summed E-state index contributed by atoms with van der Waals surface area (Å²) in [6, 6.07) is 5.71. The predicted molar refractivity (Wildman–Crippen MR) is 176 cm³/mol. The summed E-state index contributed by atoms with van der Waals surface area (Å²) in [5, 5.41) is 8.79. The number of hydrogen-bond donors (Lipinski definition) is 1. The van der Waals surface area contributed by atoms with Crippen molar-refractivity contribution >= 4 is 31.1 Å². The lowest BCUT2D eigenvalue weighted by Gasteiger charge is -2.36. The highest BCUT2D eigenvalue weighted by Gasteiger charge is 2.40. The van der Waals surface area contributed by atoms with E-state index in [0.717, 1.165) is 29.5 Å². The van der Waals surface area contributed by atoms with Gasteiger partial charge in [-0.1, -0.05) is 25.9 Å². The predicted octanol–water partition coefficient (Wildman–Crippen LogP) is 7.48. The minimum absolute atomic E-state index is 0.00398. The van der Waals surface area contributed by atoms with E-state index in [-0.39, 0.29) is 17.0 Å². The van der Waals surface area contributed by atoms with E-state index >= 15 is 0 Å². The molecule has 1 aliphatic carbocycles. The molecular weight excluding hydrogens is 590 g/mol. The van der Waals surface area contributed by atoms with E-state index in [2.05, 4.69) is 62.8 Å². The van der Waals surface area contributed by atoms with Crippen LogP contribution in [0.15, 0.2) is 29.0 Å². The summed E-state index contributed by atoms with van der Waals surface area (Å²) in [5.41, 5.74) is 3.96. The fraction of sp³-hybridized carbons (Fsp3) is 0.515. The molecule has 4 aromatic rings. The van der Waals surface area contributed by atoms with Gasteiger partial charge < -0.3 is 33.0 Å². The molecule has 0 bridgehead atoms. The van der Waals surface area contributed by atoms with Crippen LogP contribution in [0.3, 0.4) is 0 Å². The molecule has 3 aromatic heterocycles. The number of ether oxygens (including phenoxy) is 3. The molecule has 0 atom stereocenters. The Morgan fingerprint density at radius 3 is 2.47 bits per heavy atom. The summed E-state index contributed by atoms with van der Waals surface area (Å²) in [7, 11) is 2.46. The topological polar surface area (TPSA) is 123 Å². The summed E-state index contributed by atoms with van der Waals surface area (Å²) in [4.78, 5) is 22.8. The van der Waals surface area contributed by atoms with Crippen molar-refractivity contribution < 1.29 is 28.0 Å². The molecule has 3 heterocycles. The second-order valence-corrected chi connectivity index (χ2v) is 18.1. The van der Waals surface area contributed by atoms with Gasteiger partial charge in [0, 0.05) is 35.7 Å². The van der Waals surface area contributed by atoms with Gasteiger partial charge >= 0.3 is 5.97 Å². The van der Waals surface area contributed by atoms with Gasteiger partial charge in [-0.2, -0.15) is 0 Å². The fourth-order valence-electron chi connectivity index (χ4n) is 5.31. The van der Waals surface area contributed by atoms with Gasteiger partial charge in [-0.15, -0.1) is 0 Å². The highest BCUT2D eigenvalue weighted by atomic mass is 28.4. The first-order chi connectivity index (χ1) is 21.3. The van der Waals surface area contributed by atoms with E-state index in [9.17, 15) is 4.79 Å². The second kappa shape index (κ2) is 12.5. The lowest BCUT2D eigenvalue weighted by atomic mass is 10.0. The number of methoxy groups -OCH3 is 3. The third-order valence-corrected chi connectivity index (χ3v) is 13.5. The van der Waals surface area contributed by atoms with Gasteiger partial charge in [0.1, 0.15) is 40.5 Å². The maximum Gasteiger partial charge on any atom is 0.343 e. The van der Waals surface area contributed by atoms with E-state index in [1.54, 1.807) is 20.5 Å². The highest BCUT2D eigenvalue weighted by molar-refractivity contribution is 6.74. The minimum Gasteiger partial charge on any atom is -0.497 e. The molecule has 5 rings (SSSR count). The monoisotopic (exact) mass is 635 g/mol.